The topological polar surface area (TPSA) is 77.2 Å². The zero-order valence-electron chi connectivity index (χ0n) is 12.7. The van der Waals surface area contributed by atoms with E-state index in [1.807, 2.05) is 30.5 Å². The smallest absolute Gasteiger partial charge is 0.234 e. The molecule has 2 atom stereocenters. The lowest BCUT2D eigenvalue weighted by Crippen LogP contribution is -2.18. The van der Waals surface area contributed by atoms with Crippen LogP contribution in [0, 0.1) is 22.0 Å². The number of carbonyl (C=O) groups is 1. The summed E-state index contributed by atoms with van der Waals surface area (Å²) in [6.45, 7) is 5.28. The molecule has 0 radical (unpaired) electrons. The number of benzene rings is 1. The molecule has 116 valence electrons. The van der Waals surface area contributed by atoms with Crippen LogP contribution in [0.3, 0.4) is 0 Å². The molecule has 1 amide bonds. The summed E-state index contributed by atoms with van der Waals surface area (Å²) in [5.74, 6) is -0.192. The van der Waals surface area contributed by atoms with Crippen molar-refractivity contribution in [2.45, 2.75) is 32.9 Å². The fourth-order valence-corrected chi connectivity index (χ4v) is 2.76. The third-order valence-corrected chi connectivity index (χ3v) is 3.96. The highest BCUT2D eigenvalue weighted by molar-refractivity contribution is 5.96. The van der Waals surface area contributed by atoms with Crippen molar-refractivity contribution in [3.63, 3.8) is 0 Å². The molecule has 0 aliphatic heterocycles. The summed E-state index contributed by atoms with van der Waals surface area (Å²) in [7, 11) is 0. The number of nitrogens with one attached hydrogen (secondary N) is 1. The molecular weight excluding hydrogens is 282 g/mol. The lowest BCUT2D eigenvalue weighted by Gasteiger charge is -2.09. The Balaban J connectivity index is 1.73. The number of nitrogens with zero attached hydrogens (tertiary/aromatic N) is 2. The van der Waals surface area contributed by atoms with Crippen LogP contribution < -0.4 is 5.32 Å². The van der Waals surface area contributed by atoms with Gasteiger partial charge >= 0.3 is 0 Å². The molecule has 1 fully saturated rings. The molecule has 0 unspecified atom stereocenters. The lowest BCUT2D eigenvalue weighted by atomic mass is 10.2. The second kappa shape index (κ2) is 5.44. The van der Waals surface area contributed by atoms with Crippen LogP contribution in [-0.2, 0) is 11.3 Å². The van der Waals surface area contributed by atoms with Gasteiger partial charge in [0.2, 0.25) is 11.9 Å². The van der Waals surface area contributed by atoms with Gasteiger partial charge in [-0.05, 0) is 30.2 Å². The molecule has 3 rings (SSSR count). The predicted molar refractivity (Wildman–Crippen MR) is 84.3 cm³/mol. The second-order valence-corrected chi connectivity index (χ2v) is 6.32. The summed E-state index contributed by atoms with van der Waals surface area (Å²) >= 11 is 0. The summed E-state index contributed by atoms with van der Waals surface area (Å²) in [6, 6.07) is 7.04. The van der Waals surface area contributed by atoms with Gasteiger partial charge in [-0.15, -0.1) is 0 Å². The number of rotatable bonds is 5. The summed E-state index contributed by atoms with van der Waals surface area (Å²) < 4.78 is 2.19. The number of amides is 1. The van der Waals surface area contributed by atoms with Gasteiger partial charge in [-0.2, -0.15) is 0 Å². The van der Waals surface area contributed by atoms with E-state index in [9.17, 15) is 14.9 Å². The van der Waals surface area contributed by atoms with Crippen LogP contribution in [0.5, 0.6) is 0 Å². The number of hydrogen-bond acceptors (Lipinski definition) is 3. The van der Waals surface area contributed by atoms with Gasteiger partial charge in [-0.1, -0.05) is 13.8 Å². The van der Waals surface area contributed by atoms with Gasteiger partial charge < -0.3 is 9.88 Å². The molecule has 1 aliphatic rings. The molecule has 1 aliphatic carbocycles. The Bertz CT molecular complexity index is 735. The minimum Gasteiger partial charge on any atom is -0.347 e. The molecule has 1 aromatic carbocycles. The van der Waals surface area contributed by atoms with E-state index in [0.29, 0.717) is 18.0 Å². The fraction of sp³-hybridized carbons (Fsp3) is 0.438. The Kier molecular flexibility index (Phi) is 3.60. The van der Waals surface area contributed by atoms with Gasteiger partial charge in [-0.25, -0.2) is 0 Å². The van der Waals surface area contributed by atoms with Crippen molar-refractivity contribution in [1.29, 1.82) is 0 Å². The number of aromatic nitrogens is 1. The van der Waals surface area contributed by atoms with Gasteiger partial charge in [0.05, 0.1) is 0 Å². The van der Waals surface area contributed by atoms with Crippen LogP contribution in [0.2, 0.25) is 0 Å². The monoisotopic (exact) mass is 301 g/mol. The van der Waals surface area contributed by atoms with E-state index >= 15 is 0 Å². The van der Waals surface area contributed by atoms with E-state index < -0.39 is 12.0 Å². The maximum atomic E-state index is 12.0. The van der Waals surface area contributed by atoms with Gasteiger partial charge in [0.25, 0.3) is 0 Å². The maximum absolute atomic E-state index is 12.0. The predicted octanol–water partition coefficient (Wildman–Crippen LogP) is 2.90. The number of nitro groups is 1. The molecule has 6 heteroatoms. The van der Waals surface area contributed by atoms with Crippen molar-refractivity contribution in [1.82, 2.24) is 4.57 Å². The van der Waals surface area contributed by atoms with Crippen LogP contribution >= 0.6 is 0 Å². The maximum Gasteiger partial charge on any atom is 0.234 e. The van der Waals surface area contributed by atoms with Crippen molar-refractivity contribution in [3.8, 4) is 0 Å². The molecule has 0 spiro atoms. The van der Waals surface area contributed by atoms with E-state index in [1.165, 1.54) is 0 Å². The first-order chi connectivity index (χ1) is 10.5. The zero-order valence-corrected chi connectivity index (χ0v) is 12.7. The molecule has 1 saturated carbocycles. The molecule has 2 aromatic rings. The van der Waals surface area contributed by atoms with E-state index in [2.05, 4.69) is 23.7 Å². The minimum atomic E-state index is -0.712. The first-order valence-corrected chi connectivity index (χ1v) is 7.49. The number of anilines is 1. The Morgan fingerprint density at radius 3 is 2.86 bits per heavy atom. The Morgan fingerprint density at radius 2 is 2.23 bits per heavy atom. The zero-order chi connectivity index (χ0) is 15.9. The van der Waals surface area contributed by atoms with Crippen LogP contribution in [0.4, 0.5) is 5.69 Å². The average molecular weight is 301 g/mol. The highest BCUT2D eigenvalue weighted by atomic mass is 16.6. The van der Waals surface area contributed by atoms with E-state index in [1.54, 1.807) is 0 Å². The van der Waals surface area contributed by atoms with E-state index in [4.69, 9.17) is 0 Å². The first kappa shape index (κ1) is 14.6. The highest BCUT2D eigenvalue weighted by Crippen LogP contribution is 2.34. The van der Waals surface area contributed by atoms with E-state index in [0.717, 1.165) is 17.4 Å². The van der Waals surface area contributed by atoms with Crippen LogP contribution in [0.15, 0.2) is 30.5 Å². The van der Waals surface area contributed by atoms with Crippen LogP contribution in [0.1, 0.15) is 20.3 Å². The summed E-state index contributed by atoms with van der Waals surface area (Å²) in [5.41, 5.74) is 1.81. The van der Waals surface area contributed by atoms with Crippen molar-refractivity contribution < 1.29 is 9.72 Å². The molecule has 0 bridgehead atoms. The van der Waals surface area contributed by atoms with Crippen molar-refractivity contribution in [2.24, 2.45) is 11.8 Å². The van der Waals surface area contributed by atoms with Gasteiger partial charge in [0.1, 0.15) is 5.92 Å². The van der Waals surface area contributed by atoms with Gasteiger partial charge in [0, 0.05) is 40.7 Å². The standard InChI is InChI=1S/C16H19N3O3/c1-10(2)9-18-6-5-11-7-12(3-4-14(11)18)17-16(20)13-8-15(13)19(21)22/h3-7,10,13,15H,8-9H2,1-2H3,(H,17,20)/t13-,15-/m1/s1. The summed E-state index contributed by atoms with van der Waals surface area (Å²) in [6.07, 6.45) is 2.38. The quantitative estimate of drug-likeness (QED) is 0.681. The molecule has 1 aromatic heterocycles. The fourth-order valence-electron chi connectivity index (χ4n) is 2.76. The number of carbonyl (C=O) groups excluding carboxylic acids is 1. The van der Waals surface area contributed by atoms with E-state index in [-0.39, 0.29) is 10.8 Å². The van der Waals surface area contributed by atoms with Crippen LogP contribution in [0.25, 0.3) is 10.9 Å². The molecule has 1 N–H and O–H groups in total. The second-order valence-electron chi connectivity index (χ2n) is 6.32. The Morgan fingerprint density at radius 1 is 1.45 bits per heavy atom. The normalized spacial score (nSPS) is 20.3. The summed E-state index contributed by atoms with van der Waals surface area (Å²) in [4.78, 5) is 22.2. The van der Waals surface area contributed by atoms with Gasteiger partial charge in [0.15, 0.2) is 0 Å². The van der Waals surface area contributed by atoms with Crippen molar-refractivity contribution in [3.05, 3.63) is 40.6 Å². The molecule has 22 heavy (non-hydrogen) atoms. The Labute approximate surface area is 128 Å². The molecule has 1 heterocycles. The third kappa shape index (κ3) is 2.81. The van der Waals surface area contributed by atoms with Crippen LogP contribution in [-0.4, -0.2) is 21.4 Å². The first-order valence-electron chi connectivity index (χ1n) is 7.49. The van der Waals surface area contributed by atoms with Crippen molar-refractivity contribution >= 4 is 22.5 Å². The minimum absolute atomic E-state index is 0.261. The van der Waals surface area contributed by atoms with Gasteiger partial charge in [-0.3, -0.25) is 14.9 Å². The Hall–Kier alpha value is -2.37. The van der Waals surface area contributed by atoms with Crippen molar-refractivity contribution in [2.75, 3.05) is 5.32 Å². The number of fused-ring (bicyclic) bond motifs is 1. The average Bonchev–Trinajstić information content (AvgIpc) is 3.17. The molecular formula is C16H19N3O3. The molecule has 6 nitrogen and oxygen atoms in total. The number of hydrogen-bond donors (Lipinski definition) is 1. The third-order valence-electron chi connectivity index (χ3n) is 3.96. The highest BCUT2D eigenvalue weighted by Gasteiger charge is 2.53. The SMILES string of the molecule is CC(C)Cn1ccc2cc(NC(=O)[C@@H]3C[C@H]3[N+](=O)[O-])ccc21. The largest absolute Gasteiger partial charge is 0.347 e. The lowest BCUT2D eigenvalue weighted by molar-refractivity contribution is -0.497. The summed E-state index contributed by atoms with van der Waals surface area (Å²) in [5, 5.41) is 14.5. The molecule has 0 saturated heterocycles.